The van der Waals surface area contributed by atoms with Gasteiger partial charge in [-0.05, 0) is 40.2 Å². The topological polar surface area (TPSA) is 66.5 Å². The third-order valence-corrected chi connectivity index (χ3v) is 6.81. The second-order valence-corrected chi connectivity index (χ2v) is 9.68. The Balaban J connectivity index is 1.85. The van der Waals surface area contributed by atoms with Crippen LogP contribution < -0.4 is 4.72 Å². The maximum Gasteiger partial charge on any atom is 0.240 e. The zero-order valence-electron chi connectivity index (χ0n) is 12.8. The summed E-state index contributed by atoms with van der Waals surface area (Å²) in [5, 5.41) is 1.96. The lowest BCUT2D eigenvalue weighted by Crippen LogP contribution is -2.31. The molecule has 2 rings (SSSR count). The van der Waals surface area contributed by atoms with Crippen molar-refractivity contribution >= 4 is 59.1 Å². The van der Waals surface area contributed by atoms with E-state index in [-0.39, 0.29) is 23.8 Å². The quantitative estimate of drug-likeness (QED) is 0.638. The Kier molecular flexibility index (Phi) is 6.99. The van der Waals surface area contributed by atoms with Gasteiger partial charge in [0.2, 0.25) is 15.9 Å². The standard InChI is InChI=1S/C15H16Br2N2O3S2/c1-19(9-13-7-12(17)10-23-13)15(20)5-6-18-24(21,22)14-4-2-3-11(16)8-14/h2-4,7-8,10,18H,5-6,9H2,1H3. The van der Waals surface area contributed by atoms with Gasteiger partial charge in [0.05, 0.1) is 11.4 Å². The van der Waals surface area contributed by atoms with Crippen LogP contribution in [0.1, 0.15) is 11.3 Å². The Hall–Kier alpha value is -0.740. The highest BCUT2D eigenvalue weighted by Gasteiger charge is 2.16. The average Bonchev–Trinajstić information content (AvgIpc) is 2.92. The van der Waals surface area contributed by atoms with Crippen LogP contribution in [-0.2, 0) is 21.4 Å². The highest BCUT2D eigenvalue weighted by Crippen LogP contribution is 2.21. The number of nitrogens with zero attached hydrogens (tertiary/aromatic N) is 1. The fraction of sp³-hybridized carbons (Fsp3) is 0.267. The monoisotopic (exact) mass is 494 g/mol. The normalized spacial score (nSPS) is 11.5. The molecule has 0 unspecified atom stereocenters. The smallest absolute Gasteiger partial charge is 0.240 e. The third-order valence-electron chi connectivity index (χ3n) is 3.18. The Labute approximate surface area is 162 Å². The maximum atomic E-state index is 12.2. The first-order valence-corrected chi connectivity index (χ1v) is 10.9. The van der Waals surface area contributed by atoms with Crippen molar-refractivity contribution in [1.82, 2.24) is 9.62 Å². The molecule has 0 aliphatic heterocycles. The van der Waals surface area contributed by atoms with E-state index in [2.05, 4.69) is 36.6 Å². The van der Waals surface area contributed by atoms with E-state index in [0.717, 1.165) is 9.35 Å². The minimum Gasteiger partial charge on any atom is -0.341 e. The molecule has 0 spiro atoms. The van der Waals surface area contributed by atoms with Crippen molar-refractivity contribution in [1.29, 1.82) is 0 Å². The van der Waals surface area contributed by atoms with Gasteiger partial charge in [-0.1, -0.05) is 22.0 Å². The molecule has 1 N–H and O–H groups in total. The minimum absolute atomic E-state index is 0.0617. The minimum atomic E-state index is -3.61. The summed E-state index contributed by atoms with van der Waals surface area (Å²) in [6.45, 7) is 0.569. The summed E-state index contributed by atoms with van der Waals surface area (Å²) in [4.78, 5) is 14.9. The van der Waals surface area contributed by atoms with E-state index in [4.69, 9.17) is 0 Å². The van der Waals surface area contributed by atoms with Gasteiger partial charge in [-0.2, -0.15) is 0 Å². The van der Waals surface area contributed by atoms with E-state index in [0.29, 0.717) is 11.0 Å². The van der Waals surface area contributed by atoms with Crippen LogP contribution in [0.4, 0.5) is 0 Å². The highest BCUT2D eigenvalue weighted by atomic mass is 79.9. The molecule has 24 heavy (non-hydrogen) atoms. The first-order chi connectivity index (χ1) is 11.3. The van der Waals surface area contributed by atoms with Gasteiger partial charge in [0.1, 0.15) is 0 Å². The molecule has 0 saturated carbocycles. The molecule has 0 fully saturated rings. The Morgan fingerprint density at radius 1 is 1.25 bits per heavy atom. The predicted octanol–water partition coefficient (Wildman–Crippen LogP) is 3.60. The van der Waals surface area contributed by atoms with E-state index < -0.39 is 10.0 Å². The van der Waals surface area contributed by atoms with Gasteiger partial charge in [-0.15, -0.1) is 11.3 Å². The lowest BCUT2D eigenvalue weighted by atomic mass is 10.3. The summed E-state index contributed by atoms with van der Waals surface area (Å²) in [5.74, 6) is -0.114. The van der Waals surface area contributed by atoms with Crippen LogP contribution in [0.2, 0.25) is 0 Å². The van der Waals surface area contributed by atoms with E-state index in [1.807, 2.05) is 11.4 Å². The molecule has 0 atom stereocenters. The van der Waals surface area contributed by atoms with Crippen LogP contribution in [-0.4, -0.2) is 32.8 Å². The average molecular weight is 496 g/mol. The van der Waals surface area contributed by atoms with Gasteiger partial charge < -0.3 is 4.90 Å². The van der Waals surface area contributed by atoms with Gasteiger partial charge in [-0.25, -0.2) is 13.1 Å². The van der Waals surface area contributed by atoms with Crippen molar-refractivity contribution in [3.05, 3.63) is 49.5 Å². The van der Waals surface area contributed by atoms with Gasteiger partial charge in [0.25, 0.3) is 0 Å². The predicted molar refractivity (Wildman–Crippen MR) is 102 cm³/mol. The lowest BCUT2D eigenvalue weighted by molar-refractivity contribution is -0.130. The summed E-state index contributed by atoms with van der Waals surface area (Å²) >= 11 is 8.19. The molecule has 0 radical (unpaired) electrons. The van der Waals surface area contributed by atoms with Crippen LogP contribution in [0, 0.1) is 0 Å². The largest absolute Gasteiger partial charge is 0.341 e. The molecular formula is C15H16Br2N2O3S2. The second-order valence-electron chi connectivity index (χ2n) is 5.09. The third kappa shape index (κ3) is 5.66. The fourth-order valence-electron chi connectivity index (χ4n) is 1.96. The van der Waals surface area contributed by atoms with Crippen molar-refractivity contribution in [3.63, 3.8) is 0 Å². The van der Waals surface area contributed by atoms with Crippen molar-refractivity contribution in [2.45, 2.75) is 17.9 Å². The zero-order valence-corrected chi connectivity index (χ0v) is 17.6. The number of sulfonamides is 1. The van der Waals surface area contributed by atoms with E-state index >= 15 is 0 Å². The summed E-state index contributed by atoms with van der Waals surface area (Å²) in [6.07, 6.45) is 0.107. The molecule has 5 nitrogen and oxygen atoms in total. The molecule has 1 aromatic heterocycles. The summed E-state index contributed by atoms with van der Waals surface area (Å²) in [6, 6.07) is 8.39. The first-order valence-electron chi connectivity index (χ1n) is 7.00. The molecule has 1 amide bonds. The summed E-state index contributed by atoms with van der Waals surface area (Å²) < 4.78 is 28.5. The molecule has 0 aliphatic rings. The van der Waals surface area contributed by atoms with Crippen molar-refractivity contribution in [3.8, 4) is 0 Å². The van der Waals surface area contributed by atoms with Crippen LogP contribution in [0.25, 0.3) is 0 Å². The Bertz CT molecular complexity index is 822. The number of rotatable bonds is 7. The molecule has 2 aromatic rings. The number of thiophene rings is 1. The van der Waals surface area contributed by atoms with E-state index in [9.17, 15) is 13.2 Å². The number of carbonyl (C=O) groups is 1. The summed E-state index contributed by atoms with van der Waals surface area (Å²) in [5.41, 5.74) is 0. The van der Waals surface area contributed by atoms with Crippen LogP contribution in [0.3, 0.4) is 0 Å². The zero-order chi connectivity index (χ0) is 17.7. The Morgan fingerprint density at radius 3 is 2.62 bits per heavy atom. The van der Waals surface area contributed by atoms with Gasteiger partial charge in [0, 0.05) is 39.2 Å². The molecule has 1 heterocycles. The van der Waals surface area contributed by atoms with E-state index in [1.165, 1.54) is 12.1 Å². The SMILES string of the molecule is CN(Cc1cc(Br)cs1)C(=O)CCNS(=O)(=O)c1cccc(Br)c1. The maximum absolute atomic E-state index is 12.2. The van der Waals surface area contributed by atoms with Crippen molar-refractivity contribution < 1.29 is 13.2 Å². The molecule has 0 aliphatic carbocycles. The second kappa shape index (κ2) is 8.57. The van der Waals surface area contributed by atoms with E-state index in [1.54, 1.807) is 35.4 Å². The molecule has 0 bridgehead atoms. The van der Waals surface area contributed by atoms with Gasteiger partial charge in [-0.3, -0.25) is 4.79 Å². The molecule has 0 saturated heterocycles. The first kappa shape index (κ1) is 19.6. The number of carbonyl (C=O) groups excluding carboxylic acids is 1. The number of nitrogens with one attached hydrogen (secondary N) is 1. The molecular weight excluding hydrogens is 480 g/mol. The number of amides is 1. The number of hydrogen-bond donors (Lipinski definition) is 1. The van der Waals surface area contributed by atoms with Gasteiger partial charge in [0.15, 0.2) is 0 Å². The van der Waals surface area contributed by atoms with Crippen LogP contribution >= 0.6 is 43.2 Å². The molecule has 9 heteroatoms. The number of hydrogen-bond acceptors (Lipinski definition) is 4. The fourth-order valence-corrected chi connectivity index (χ4v) is 5.09. The van der Waals surface area contributed by atoms with Crippen LogP contribution in [0.15, 0.2) is 49.6 Å². The molecule has 130 valence electrons. The van der Waals surface area contributed by atoms with Crippen LogP contribution in [0.5, 0.6) is 0 Å². The molecule has 1 aromatic carbocycles. The number of halogens is 2. The van der Waals surface area contributed by atoms with Crippen molar-refractivity contribution in [2.24, 2.45) is 0 Å². The highest BCUT2D eigenvalue weighted by molar-refractivity contribution is 9.10. The summed E-state index contributed by atoms with van der Waals surface area (Å²) in [7, 11) is -1.91. The van der Waals surface area contributed by atoms with Crippen molar-refractivity contribution in [2.75, 3.05) is 13.6 Å². The number of benzene rings is 1. The van der Waals surface area contributed by atoms with Gasteiger partial charge >= 0.3 is 0 Å². The Morgan fingerprint density at radius 2 is 2.00 bits per heavy atom. The lowest BCUT2D eigenvalue weighted by Gasteiger charge is -2.16.